The van der Waals surface area contributed by atoms with E-state index in [1.807, 2.05) is 6.07 Å². The van der Waals surface area contributed by atoms with Gasteiger partial charge >= 0.3 is 0 Å². The lowest BCUT2D eigenvalue weighted by Crippen LogP contribution is -2.14. The summed E-state index contributed by atoms with van der Waals surface area (Å²) < 4.78 is 6.96. The van der Waals surface area contributed by atoms with Crippen LogP contribution in [0.3, 0.4) is 0 Å². The molecule has 9 heteroatoms. The Hall–Kier alpha value is -4.09. The van der Waals surface area contributed by atoms with Crippen molar-refractivity contribution in [3.8, 4) is 17.5 Å². The van der Waals surface area contributed by atoms with Gasteiger partial charge in [-0.2, -0.15) is 5.26 Å². The van der Waals surface area contributed by atoms with Gasteiger partial charge in [0.05, 0.1) is 17.7 Å². The van der Waals surface area contributed by atoms with E-state index in [0.29, 0.717) is 27.8 Å². The summed E-state index contributed by atoms with van der Waals surface area (Å²) in [4.78, 5) is 23.1. The van der Waals surface area contributed by atoms with Crippen LogP contribution in [0, 0.1) is 28.4 Å². The zero-order valence-corrected chi connectivity index (χ0v) is 17.4. The van der Waals surface area contributed by atoms with Crippen molar-refractivity contribution in [2.24, 2.45) is 0 Å². The Morgan fingerprint density at radius 1 is 1.29 bits per heavy atom. The van der Waals surface area contributed by atoms with E-state index >= 15 is 0 Å². The minimum Gasteiger partial charge on any atom is -0.495 e. The quantitative estimate of drug-likeness (QED) is 0.255. The number of nitrogens with zero attached hydrogens (tertiary/aromatic N) is 3. The number of carbonyl (C=O) groups excluding carboxylic acids is 1. The fourth-order valence-corrected chi connectivity index (χ4v) is 3.05. The predicted molar refractivity (Wildman–Crippen MR) is 117 cm³/mol. The van der Waals surface area contributed by atoms with Crippen LogP contribution in [0.15, 0.2) is 60.3 Å². The fraction of sp³-hybridized carbons (Fsp3) is 0.0909. The number of nitro benzene ring substituents is 1. The topological polar surface area (TPSA) is 110 Å². The normalized spacial score (nSPS) is 11.0. The third-order valence-electron chi connectivity index (χ3n) is 4.51. The average molecular weight is 437 g/mol. The lowest BCUT2D eigenvalue weighted by atomic mass is 10.1. The molecule has 0 unspecified atom stereocenters. The number of rotatable bonds is 6. The van der Waals surface area contributed by atoms with E-state index in [9.17, 15) is 20.2 Å². The van der Waals surface area contributed by atoms with Crippen LogP contribution in [0.5, 0.6) is 5.75 Å². The van der Waals surface area contributed by atoms with Crippen molar-refractivity contribution in [1.29, 1.82) is 5.26 Å². The van der Waals surface area contributed by atoms with Gasteiger partial charge in [-0.15, -0.1) is 0 Å². The van der Waals surface area contributed by atoms with Crippen LogP contribution < -0.4 is 10.1 Å². The monoisotopic (exact) mass is 436 g/mol. The molecule has 0 aliphatic rings. The van der Waals surface area contributed by atoms with Gasteiger partial charge in [0.2, 0.25) is 0 Å². The number of aryl methyl sites for hydroxylation is 1. The molecular formula is C22H17ClN4O4. The number of non-ortho nitro benzene ring substituents is 1. The first-order chi connectivity index (χ1) is 14.8. The second-order valence-electron chi connectivity index (χ2n) is 6.50. The molecule has 0 saturated heterocycles. The molecule has 1 amide bonds. The molecular weight excluding hydrogens is 420 g/mol. The van der Waals surface area contributed by atoms with Gasteiger partial charge in [-0.3, -0.25) is 14.9 Å². The zero-order valence-electron chi connectivity index (χ0n) is 16.6. The van der Waals surface area contributed by atoms with Crippen LogP contribution in [0.4, 0.5) is 11.4 Å². The van der Waals surface area contributed by atoms with Gasteiger partial charge in [0.1, 0.15) is 17.4 Å². The highest BCUT2D eigenvalue weighted by molar-refractivity contribution is 6.31. The number of benzene rings is 2. The lowest BCUT2D eigenvalue weighted by Gasteiger charge is -2.12. The molecule has 0 aliphatic heterocycles. The Bertz CT molecular complexity index is 1220. The van der Waals surface area contributed by atoms with E-state index < -0.39 is 10.8 Å². The largest absolute Gasteiger partial charge is 0.495 e. The first kappa shape index (κ1) is 21.6. The second-order valence-corrected chi connectivity index (χ2v) is 6.91. The van der Waals surface area contributed by atoms with E-state index in [4.69, 9.17) is 16.3 Å². The fourth-order valence-electron chi connectivity index (χ4n) is 2.90. The van der Waals surface area contributed by atoms with Crippen LogP contribution >= 0.6 is 11.6 Å². The van der Waals surface area contributed by atoms with E-state index in [-0.39, 0.29) is 11.3 Å². The van der Waals surface area contributed by atoms with Crippen molar-refractivity contribution in [1.82, 2.24) is 4.57 Å². The number of carbonyl (C=O) groups is 1. The molecule has 31 heavy (non-hydrogen) atoms. The highest BCUT2D eigenvalue weighted by Crippen LogP contribution is 2.31. The molecule has 0 atom stereocenters. The van der Waals surface area contributed by atoms with Crippen molar-refractivity contribution in [2.75, 3.05) is 12.4 Å². The van der Waals surface area contributed by atoms with Crippen LogP contribution in [0.2, 0.25) is 5.02 Å². The average Bonchev–Trinajstić information content (AvgIpc) is 3.22. The molecule has 1 N–H and O–H groups in total. The third-order valence-corrected chi connectivity index (χ3v) is 4.91. The Labute approximate surface area is 183 Å². The van der Waals surface area contributed by atoms with Crippen molar-refractivity contribution in [2.45, 2.75) is 6.92 Å². The minimum absolute atomic E-state index is 0.0303. The Kier molecular flexibility index (Phi) is 6.38. The number of nitro groups is 1. The molecule has 3 aromatic rings. The number of nitriles is 1. The molecule has 0 saturated carbocycles. The molecule has 1 heterocycles. The van der Waals surface area contributed by atoms with Crippen molar-refractivity contribution >= 4 is 35.0 Å². The number of nitrogens with one attached hydrogen (secondary N) is 1. The summed E-state index contributed by atoms with van der Waals surface area (Å²) in [6.07, 6.45) is 3.16. The summed E-state index contributed by atoms with van der Waals surface area (Å²) in [5, 5.41) is 23.6. The maximum absolute atomic E-state index is 12.7. The number of halogens is 1. The first-order valence-corrected chi connectivity index (χ1v) is 9.41. The molecule has 156 valence electrons. The summed E-state index contributed by atoms with van der Waals surface area (Å²) >= 11 is 6.09. The molecule has 2 aromatic carbocycles. The summed E-state index contributed by atoms with van der Waals surface area (Å²) in [6.45, 7) is 1.79. The Morgan fingerprint density at radius 3 is 2.61 bits per heavy atom. The number of hydrogen-bond acceptors (Lipinski definition) is 5. The van der Waals surface area contributed by atoms with Gasteiger partial charge in [-0.05, 0) is 48.9 Å². The number of amides is 1. The van der Waals surface area contributed by atoms with Crippen LogP contribution in [-0.4, -0.2) is 22.5 Å². The molecule has 3 rings (SSSR count). The molecule has 0 bridgehead atoms. The van der Waals surface area contributed by atoms with Crippen LogP contribution in [0.25, 0.3) is 11.8 Å². The van der Waals surface area contributed by atoms with E-state index in [0.717, 1.165) is 5.56 Å². The summed E-state index contributed by atoms with van der Waals surface area (Å²) in [6, 6.07) is 14.6. The van der Waals surface area contributed by atoms with E-state index in [2.05, 4.69) is 5.32 Å². The van der Waals surface area contributed by atoms with Crippen molar-refractivity contribution < 1.29 is 14.5 Å². The second kappa shape index (κ2) is 9.15. The van der Waals surface area contributed by atoms with E-state index in [1.54, 1.807) is 54.1 Å². The Balaban J connectivity index is 1.91. The van der Waals surface area contributed by atoms with Gasteiger partial charge in [0, 0.05) is 40.8 Å². The number of methoxy groups -OCH3 is 1. The highest BCUT2D eigenvalue weighted by atomic mass is 35.5. The van der Waals surface area contributed by atoms with Gasteiger partial charge in [0.25, 0.3) is 11.6 Å². The maximum atomic E-state index is 12.7. The zero-order chi connectivity index (χ0) is 22.5. The molecule has 1 aromatic heterocycles. The molecule has 0 aliphatic carbocycles. The summed E-state index contributed by atoms with van der Waals surface area (Å²) in [5.74, 6) is -0.241. The van der Waals surface area contributed by atoms with Gasteiger partial charge in [-0.25, -0.2) is 0 Å². The SMILES string of the molecule is COc1cc(Cl)c(C)cc1NC(=O)/C(C#N)=C/c1cccn1-c1ccc([N+](=O)[O-])cc1. The molecule has 0 spiro atoms. The van der Waals surface area contributed by atoms with Gasteiger partial charge in [-0.1, -0.05) is 11.6 Å². The molecule has 8 nitrogen and oxygen atoms in total. The molecule has 0 radical (unpaired) electrons. The Morgan fingerprint density at radius 2 is 2.00 bits per heavy atom. The predicted octanol–water partition coefficient (Wildman–Crippen LogP) is 4.90. The number of aromatic nitrogens is 1. The smallest absolute Gasteiger partial charge is 0.269 e. The summed E-state index contributed by atoms with van der Waals surface area (Å²) in [7, 11) is 1.45. The number of anilines is 1. The standard InChI is InChI=1S/C22H17ClN4O4/c1-14-10-20(21(31-2)12-19(14)23)25-22(28)15(13-24)11-18-4-3-9-26(18)16-5-7-17(8-6-16)27(29)30/h3-12H,1-2H3,(H,25,28)/b15-11+. The summed E-state index contributed by atoms with van der Waals surface area (Å²) in [5.41, 5.74) is 2.18. The van der Waals surface area contributed by atoms with Crippen molar-refractivity contribution in [3.63, 3.8) is 0 Å². The highest BCUT2D eigenvalue weighted by Gasteiger charge is 2.15. The lowest BCUT2D eigenvalue weighted by molar-refractivity contribution is -0.384. The number of ether oxygens (including phenoxy) is 1. The van der Waals surface area contributed by atoms with Crippen LogP contribution in [-0.2, 0) is 4.79 Å². The minimum atomic E-state index is -0.612. The molecule has 0 fully saturated rings. The van der Waals surface area contributed by atoms with Gasteiger partial charge < -0.3 is 14.6 Å². The third kappa shape index (κ3) is 4.74. The van der Waals surface area contributed by atoms with Gasteiger partial charge in [0.15, 0.2) is 0 Å². The number of hydrogen-bond donors (Lipinski definition) is 1. The maximum Gasteiger partial charge on any atom is 0.269 e. The van der Waals surface area contributed by atoms with Crippen molar-refractivity contribution in [3.05, 3.63) is 86.7 Å². The van der Waals surface area contributed by atoms with Crippen LogP contribution in [0.1, 0.15) is 11.3 Å². The first-order valence-electron chi connectivity index (χ1n) is 9.03. The van der Waals surface area contributed by atoms with E-state index in [1.165, 1.54) is 25.3 Å².